The van der Waals surface area contributed by atoms with Crippen molar-refractivity contribution in [2.45, 2.75) is 65.1 Å². The van der Waals surface area contributed by atoms with Crippen LogP contribution in [0.2, 0.25) is 0 Å². The van der Waals surface area contributed by atoms with E-state index in [1.807, 2.05) is 0 Å². The number of aromatic hydroxyl groups is 1. The van der Waals surface area contributed by atoms with Gasteiger partial charge < -0.3 is 5.11 Å². The minimum absolute atomic E-state index is 0.0231. The Morgan fingerprint density at radius 1 is 1.11 bits per heavy atom. The van der Waals surface area contributed by atoms with Gasteiger partial charge in [-0.15, -0.1) is 0 Å². The van der Waals surface area contributed by atoms with Crippen molar-refractivity contribution in [1.82, 2.24) is 0 Å². The Bertz CT molecular complexity index is 427. The third-order valence-electron chi connectivity index (χ3n) is 4.05. The van der Waals surface area contributed by atoms with E-state index < -0.39 is 0 Å². The zero-order valence-corrected chi connectivity index (χ0v) is 13.0. The molecular formula is C16H27BO. The number of phenols is 1. The molecule has 0 aromatic heterocycles. The highest BCUT2D eigenvalue weighted by Gasteiger charge is 2.26. The summed E-state index contributed by atoms with van der Waals surface area (Å²) >= 11 is 0. The number of phenolic OH excluding ortho intramolecular Hbond substituents is 1. The van der Waals surface area contributed by atoms with Crippen LogP contribution < -0.4 is 0 Å². The van der Waals surface area contributed by atoms with Crippen molar-refractivity contribution in [3.8, 4) is 5.75 Å². The van der Waals surface area contributed by atoms with Gasteiger partial charge in [0.15, 0.2) is 0 Å². The second kappa shape index (κ2) is 4.99. The van der Waals surface area contributed by atoms with Crippen LogP contribution in [0, 0.1) is 0 Å². The van der Waals surface area contributed by atoms with E-state index in [-0.39, 0.29) is 10.8 Å². The summed E-state index contributed by atoms with van der Waals surface area (Å²) < 4.78 is 0. The molecule has 0 unspecified atom stereocenters. The standard InChI is InChI=1S/C16H27BO/c1-7-16(5,6)13-9-12(15(2,3)4)8-11(10-17)14(13)18/h8-9,18H,7,10,17H2,1-6H3. The van der Waals surface area contributed by atoms with Gasteiger partial charge >= 0.3 is 0 Å². The average molecular weight is 246 g/mol. The molecule has 0 aliphatic rings. The van der Waals surface area contributed by atoms with Crippen molar-refractivity contribution < 1.29 is 5.11 Å². The normalized spacial score (nSPS) is 12.8. The summed E-state index contributed by atoms with van der Waals surface area (Å²) in [5.74, 6) is 0.498. The van der Waals surface area contributed by atoms with Crippen molar-refractivity contribution in [1.29, 1.82) is 0 Å². The Morgan fingerprint density at radius 2 is 1.67 bits per heavy atom. The maximum absolute atomic E-state index is 10.4. The van der Waals surface area contributed by atoms with Gasteiger partial charge in [-0.2, -0.15) is 0 Å². The van der Waals surface area contributed by atoms with Crippen LogP contribution in [-0.4, -0.2) is 13.0 Å². The van der Waals surface area contributed by atoms with Crippen LogP contribution in [-0.2, 0) is 17.2 Å². The molecule has 0 bridgehead atoms. The maximum Gasteiger partial charge on any atom is 0.121 e. The Morgan fingerprint density at radius 3 is 2.06 bits per heavy atom. The van der Waals surface area contributed by atoms with Crippen LogP contribution >= 0.6 is 0 Å². The summed E-state index contributed by atoms with van der Waals surface area (Å²) in [5.41, 5.74) is 3.62. The minimum atomic E-state index is 0.0231. The Hall–Kier alpha value is -0.915. The molecular weight excluding hydrogens is 219 g/mol. The number of benzene rings is 1. The first kappa shape index (κ1) is 15.1. The molecule has 0 radical (unpaired) electrons. The molecule has 1 aromatic rings. The van der Waals surface area contributed by atoms with Crippen molar-refractivity contribution >= 4 is 7.85 Å². The third kappa shape index (κ3) is 2.91. The van der Waals surface area contributed by atoms with E-state index in [1.54, 1.807) is 0 Å². The topological polar surface area (TPSA) is 20.2 Å². The van der Waals surface area contributed by atoms with Crippen LogP contribution in [0.15, 0.2) is 12.1 Å². The second-order valence-electron chi connectivity index (χ2n) is 6.87. The molecule has 0 amide bonds. The summed E-state index contributed by atoms with van der Waals surface area (Å²) in [6, 6.07) is 4.35. The first-order chi connectivity index (χ1) is 8.13. The molecule has 18 heavy (non-hydrogen) atoms. The predicted octanol–water partition coefficient (Wildman–Crippen LogP) is 3.51. The van der Waals surface area contributed by atoms with Gasteiger partial charge in [-0.25, -0.2) is 0 Å². The lowest BCUT2D eigenvalue weighted by Crippen LogP contribution is -2.19. The number of hydrogen-bond donors (Lipinski definition) is 1. The fourth-order valence-corrected chi connectivity index (χ4v) is 2.10. The summed E-state index contributed by atoms with van der Waals surface area (Å²) in [7, 11) is 2.10. The molecule has 0 aliphatic carbocycles. The van der Waals surface area contributed by atoms with E-state index in [9.17, 15) is 5.11 Å². The first-order valence-electron chi connectivity index (χ1n) is 7.00. The molecule has 1 aromatic carbocycles. The Balaban J connectivity index is 3.51. The molecule has 1 nitrogen and oxygen atoms in total. The minimum Gasteiger partial charge on any atom is -0.507 e. The monoisotopic (exact) mass is 246 g/mol. The zero-order valence-electron chi connectivity index (χ0n) is 13.0. The highest BCUT2D eigenvalue weighted by Crippen LogP contribution is 2.39. The average Bonchev–Trinajstić information content (AvgIpc) is 2.27. The zero-order chi connectivity index (χ0) is 14.1. The summed E-state index contributed by atoms with van der Waals surface area (Å²) in [6.07, 6.45) is 1.90. The van der Waals surface area contributed by atoms with Crippen LogP contribution in [0.3, 0.4) is 0 Å². The summed E-state index contributed by atoms with van der Waals surface area (Å²) in [4.78, 5) is 0. The molecule has 0 aliphatic heterocycles. The van der Waals surface area contributed by atoms with Gasteiger partial charge in [0.2, 0.25) is 0 Å². The molecule has 1 rings (SSSR count). The highest BCUT2D eigenvalue weighted by molar-refractivity contribution is 6.08. The maximum atomic E-state index is 10.4. The molecule has 2 heteroatoms. The predicted molar refractivity (Wildman–Crippen MR) is 82.4 cm³/mol. The van der Waals surface area contributed by atoms with E-state index in [2.05, 4.69) is 61.5 Å². The fraction of sp³-hybridized carbons (Fsp3) is 0.625. The smallest absolute Gasteiger partial charge is 0.121 e. The van der Waals surface area contributed by atoms with Crippen LogP contribution in [0.4, 0.5) is 0 Å². The highest BCUT2D eigenvalue weighted by atomic mass is 16.3. The van der Waals surface area contributed by atoms with Gasteiger partial charge in [0.1, 0.15) is 13.6 Å². The first-order valence-corrected chi connectivity index (χ1v) is 7.00. The molecule has 0 heterocycles. The molecule has 0 saturated heterocycles. The van der Waals surface area contributed by atoms with E-state index in [0.29, 0.717) is 5.75 Å². The molecule has 0 atom stereocenters. The van der Waals surface area contributed by atoms with Crippen molar-refractivity contribution in [3.63, 3.8) is 0 Å². The number of hydrogen-bond acceptors (Lipinski definition) is 1. The van der Waals surface area contributed by atoms with Crippen LogP contribution in [0.1, 0.15) is 64.7 Å². The SMILES string of the molecule is BCc1cc(C(C)(C)C)cc(C(C)(C)CC)c1O. The van der Waals surface area contributed by atoms with Crippen LogP contribution in [0.25, 0.3) is 0 Å². The lowest BCUT2D eigenvalue weighted by Gasteiger charge is -2.29. The Labute approximate surface area is 113 Å². The molecule has 0 fully saturated rings. The molecule has 100 valence electrons. The molecule has 0 saturated carbocycles. The van der Waals surface area contributed by atoms with Gasteiger partial charge in [0, 0.05) is 5.56 Å². The summed E-state index contributed by atoms with van der Waals surface area (Å²) in [5, 5.41) is 10.4. The van der Waals surface area contributed by atoms with E-state index in [0.717, 1.165) is 23.9 Å². The van der Waals surface area contributed by atoms with Gasteiger partial charge in [-0.3, -0.25) is 0 Å². The van der Waals surface area contributed by atoms with Gasteiger partial charge in [-0.05, 0) is 28.4 Å². The largest absolute Gasteiger partial charge is 0.507 e. The van der Waals surface area contributed by atoms with Crippen molar-refractivity contribution in [2.24, 2.45) is 0 Å². The Kier molecular flexibility index (Phi) is 4.20. The van der Waals surface area contributed by atoms with Crippen molar-refractivity contribution in [3.05, 3.63) is 28.8 Å². The lowest BCUT2D eigenvalue weighted by atomic mass is 9.75. The number of rotatable bonds is 3. The second-order valence-corrected chi connectivity index (χ2v) is 6.87. The van der Waals surface area contributed by atoms with Gasteiger partial charge in [-0.1, -0.05) is 60.0 Å². The van der Waals surface area contributed by atoms with Gasteiger partial charge in [0.25, 0.3) is 0 Å². The van der Waals surface area contributed by atoms with E-state index in [1.165, 1.54) is 5.56 Å². The van der Waals surface area contributed by atoms with E-state index in [4.69, 9.17) is 0 Å². The fourth-order valence-electron chi connectivity index (χ4n) is 2.10. The van der Waals surface area contributed by atoms with Crippen LogP contribution in [0.5, 0.6) is 5.75 Å². The van der Waals surface area contributed by atoms with Gasteiger partial charge in [0.05, 0.1) is 0 Å². The van der Waals surface area contributed by atoms with E-state index >= 15 is 0 Å². The lowest BCUT2D eigenvalue weighted by molar-refractivity contribution is 0.423. The summed E-state index contributed by atoms with van der Waals surface area (Å²) in [6.45, 7) is 13.3. The molecule has 0 spiro atoms. The quantitative estimate of drug-likeness (QED) is 0.809. The third-order valence-corrected chi connectivity index (χ3v) is 4.05. The molecule has 1 N–H and O–H groups in total. The van der Waals surface area contributed by atoms with Crippen molar-refractivity contribution in [2.75, 3.05) is 0 Å².